The number of hydrogen-bond donors (Lipinski definition) is 1. The van der Waals surface area contributed by atoms with E-state index in [1.807, 2.05) is 6.92 Å². The zero-order valence-electron chi connectivity index (χ0n) is 14.8. The second kappa shape index (κ2) is 6.82. The van der Waals surface area contributed by atoms with Crippen molar-refractivity contribution in [3.05, 3.63) is 47.9 Å². The summed E-state index contributed by atoms with van der Waals surface area (Å²) in [7, 11) is 0. The Hall–Kier alpha value is -3.23. The maximum absolute atomic E-state index is 12.6. The van der Waals surface area contributed by atoms with Gasteiger partial charge in [-0.05, 0) is 19.1 Å². The van der Waals surface area contributed by atoms with Gasteiger partial charge < -0.3 is 19.5 Å². The highest BCUT2D eigenvalue weighted by Gasteiger charge is 2.48. The molecule has 1 N–H and O–H groups in total. The minimum absolute atomic E-state index is 0.196. The van der Waals surface area contributed by atoms with Gasteiger partial charge in [0.2, 0.25) is 0 Å². The molecule has 4 rings (SSSR count). The largest absolute Gasteiger partial charge is 0.467 e. The molecule has 1 fully saturated rings. The Morgan fingerprint density at radius 2 is 2.22 bits per heavy atom. The Labute approximate surface area is 155 Å². The Bertz CT molecular complexity index is 878. The van der Waals surface area contributed by atoms with E-state index in [0.29, 0.717) is 43.1 Å². The van der Waals surface area contributed by atoms with Crippen molar-refractivity contribution in [1.29, 1.82) is 0 Å². The lowest BCUT2D eigenvalue weighted by molar-refractivity contribution is -0.115. The number of amides is 2. The van der Waals surface area contributed by atoms with Crippen LogP contribution in [-0.4, -0.2) is 51.1 Å². The third-order valence-electron chi connectivity index (χ3n) is 4.71. The smallest absolute Gasteiger partial charge is 0.274 e. The number of aryl methyl sites for hydroxylation is 1. The van der Waals surface area contributed by atoms with Gasteiger partial charge in [0.15, 0.2) is 5.60 Å². The van der Waals surface area contributed by atoms with Crippen LogP contribution >= 0.6 is 0 Å². The summed E-state index contributed by atoms with van der Waals surface area (Å²) >= 11 is 0. The summed E-state index contributed by atoms with van der Waals surface area (Å²) in [6, 6.07) is 3.54. The first-order valence-corrected chi connectivity index (χ1v) is 8.68. The Kier molecular flexibility index (Phi) is 4.35. The SMILES string of the molecule is Cc1cnc(C(=O)N2CC[C@]3(CC(C(=O)NCc4ccco4)=NO3)C2)cn1. The van der Waals surface area contributed by atoms with Crippen LogP contribution in [0.15, 0.2) is 40.4 Å². The number of carbonyl (C=O) groups excluding carboxylic acids is 2. The van der Waals surface area contributed by atoms with E-state index in [9.17, 15) is 9.59 Å². The van der Waals surface area contributed by atoms with E-state index < -0.39 is 5.60 Å². The van der Waals surface area contributed by atoms with Gasteiger partial charge in [-0.1, -0.05) is 5.16 Å². The number of rotatable bonds is 4. The van der Waals surface area contributed by atoms with Crippen LogP contribution in [0.25, 0.3) is 0 Å². The van der Waals surface area contributed by atoms with Gasteiger partial charge in [-0.2, -0.15) is 0 Å². The molecule has 9 heteroatoms. The van der Waals surface area contributed by atoms with Crippen LogP contribution in [0.5, 0.6) is 0 Å². The maximum atomic E-state index is 12.6. The average Bonchev–Trinajstić information content (AvgIpc) is 3.42. The number of likely N-dealkylation sites (tertiary alicyclic amines) is 1. The first-order valence-electron chi connectivity index (χ1n) is 8.68. The molecular weight excluding hydrogens is 350 g/mol. The first kappa shape index (κ1) is 17.2. The predicted molar refractivity (Wildman–Crippen MR) is 93.7 cm³/mol. The van der Waals surface area contributed by atoms with E-state index in [-0.39, 0.29) is 18.4 Å². The summed E-state index contributed by atoms with van der Waals surface area (Å²) < 4.78 is 5.19. The lowest BCUT2D eigenvalue weighted by Crippen LogP contribution is -2.38. The topological polar surface area (TPSA) is 110 Å². The molecule has 0 aliphatic carbocycles. The Balaban J connectivity index is 1.34. The highest BCUT2D eigenvalue weighted by atomic mass is 16.7. The van der Waals surface area contributed by atoms with E-state index in [2.05, 4.69) is 20.4 Å². The van der Waals surface area contributed by atoms with Crippen LogP contribution < -0.4 is 5.32 Å². The second-order valence-electron chi connectivity index (χ2n) is 6.77. The normalized spacial score (nSPS) is 21.2. The van der Waals surface area contributed by atoms with Crippen LogP contribution in [0.4, 0.5) is 0 Å². The van der Waals surface area contributed by atoms with Crippen LogP contribution in [0, 0.1) is 6.92 Å². The molecule has 0 radical (unpaired) electrons. The van der Waals surface area contributed by atoms with Crippen molar-refractivity contribution in [3.63, 3.8) is 0 Å². The van der Waals surface area contributed by atoms with E-state index in [4.69, 9.17) is 9.25 Å². The quantitative estimate of drug-likeness (QED) is 0.863. The molecular formula is C18H19N5O4. The van der Waals surface area contributed by atoms with Crippen molar-refractivity contribution in [2.24, 2.45) is 5.16 Å². The van der Waals surface area contributed by atoms with Crippen molar-refractivity contribution in [2.75, 3.05) is 13.1 Å². The summed E-state index contributed by atoms with van der Waals surface area (Å²) in [5.74, 6) is 0.172. The van der Waals surface area contributed by atoms with Gasteiger partial charge in [0, 0.05) is 25.6 Å². The van der Waals surface area contributed by atoms with Crippen molar-refractivity contribution < 1.29 is 18.8 Å². The van der Waals surface area contributed by atoms with E-state index in [1.54, 1.807) is 29.5 Å². The number of nitrogens with one attached hydrogen (secondary N) is 1. The van der Waals surface area contributed by atoms with Crippen molar-refractivity contribution >= 4 is 17.5 Å². The zero-order chi connectivity index (χ0) is 18.9. The molecule has 2 aliphatic rings. The van der Waals surface area contributed by atoms with Crippen LogP contribution in [0.3, 0.4) is 0 Å². The molecule has 2 aliphatic heterocycles. The molecule has 0 aromatic carbocycles. The zero-order valence-corrected chi connectivity index (χ0v) is 14.8. The van der Waals surface area contributed by atoms with Crippen molar-refractivity contribution in [2.45, 2.75) is 31.9 Å². The fraction of sp³-hybridized carbons (Fsp3) is 0.389. The van der Waals surface area contributed by atoms with E-state index in [0.717, 1.165) is 5.69 Å². The van der Waals surface area contributed by atoms with Crippen molar-refractivity contribution in [1.82, 2.24) is 20.2 Å². The summed E-state index contributed by atoms with van der Waals surface area (Å²) in [5.41, 5.74) is 0.728. The van der Waals surface area contributed by atoms with Gasteiger partial charge in [-0.25, -0.2) is 4.98 Å². The predicted octanol–water partition coefficient (Wildman–Crippen LogP) is 1.06. The van der Waals surface area contributed by atoms with Gasteiger partial charge in [-0.15, -0.1) is 0 Å². The molecule has 2 aromatic heterocycles. The number of carbonyl (C=O) groups is 2. The summed E-state index contributed by atoms with van der Waals surface area (Å²) in [5, 5.41) is 6.71. The van der Waals surface area contributed by atoms with Crippen LogP contribution in [-0.2, 0) is 16.2 Å². The molecule has 0 saturated carbocycles. The summed E-state index contributed by atoms with van der Waals surface area (Å²) in [6.45, 7) is 2.98. The Morgan fingerprint density at radius 1 is 1.33 bits per heavy atom. The highest BCUT2D eigenvalue weighted by molar-refractivity contribution is 6.39. The van der Waals surface area contributed by atoms with Crippen LogP contribution in [0.1, 0.15) is 34.8 Å². The number of oxime groups is 1. The fourth-order valence-corrected chi connectivity index (χ4v) is 3.23. The molecule has 27 heavy (non-hydrogen) atoms. The van der Waals surface area contributed by atoms with E-state index >= 15 is 0 Å². The minimum atomic E-state index is -0.648. The molecule has 0 bridgehead atoms. The van der Waals surface area contributed by atoms with Gasteiger partial charge in [-0.3, -0.25) is 14.6 Å². The number of hydrogen-bond acceptors (Lipinski definition) is 7. The molecule has 1 saturated heterocycles. The molecule has 9 nitrogen and oxygen atoms in total. The summed E-state index contributed by atoms with van der Waals surface area (Å²) in [6.07, 6.45) is 5.56. The average molecular weight is 369 g/mol. The molecule has 140 valence electrons. The monoisotopic (exact) mass is 369 g/mol. The van der Waals surface area contributed by atoms with Gasteiger partial charge >= 0.3 is 0 Å². The maximum Gasteiger partial charge on any atom is 0.274 e. The van der Waals surface area contributed by atoms with Gasteiger partial charge in [0.05, 0.1) is 31.2 Å². The number of aromatic nitrogens is 2. The number of nitrogens with zero attached hydrogens (tertiary/aromatic N) is 4. The van der Waals surface area contributed by atoms with Gasteiger partial charge in [0.1, 0.15) is 17.2 Å². The molecule has 0 unspecified atom stereocenters. The molecule has 1 spiro atoms. The Morgan fingerprint density at radius 3 is 2.96 bits per heavy atom. The van der Waals surface area contributed by atoms with Gasteiger partial charge in [0.25, 0.3) is 11.8 Å². The second-order valence-corrected chi connectivity index (χ2v) is 6.77. The minimum Gasteiger partial charge on any atom is -0.467 e. The molecule has 4 heterocycles. The third kappa shape index (κ3) is 3.53. The first-order chi connectivity index (χ1) is 13.0. The highest BCUT2D eigenvalue weighted by Crippen LogP contribution is 2.34. The molecule has 1 atom stereocenters. The van der Waals surface area contributed by atoms with Crippen molar-refractivity contribution in [3.8, 4) is 0 Å². The molecule has 2 amide bonds. The lowest BCUT2D eigenvalue weighted by Gasteiger charge is -2.21. The van der Waals surface area contributed by atoms with E-state index in [1.165, 1.54) is 6.20 Å². The number of furan rings is 1. The standard InChI is InChI=1S/C18H19N5O4/c1-12-8-20-15(10-19-12)17(25)23-5-4-18(11-23)7-14(22-27-18)16(24)21-9-13-3-2-6-26-13/h2-3,6,8,10H,4-5,7,9,11H2,1H3,(H,21,24)/t18-/m0/s1. The molecule has 2 aromatic rings. The fourth-order valence-electron chi connectivity index (χ4n) is 3.23. The van der Waals surface area contributed by atoms with Crippen LogP contribution in [0.2, 0.25) is 0 Å². The summed E-state index contributed by atoms with van der Waals surface area (Å²) in [4.78, 5) is 40.4. The lowest BCUT2D eigenvalue weighted by atomic mass is 9.96. The third-order valence-corrected chi connectivity index (χ3v) is 4.71.